The van der Waals surface area contributed by atoms with Crippen LogP contribution in [0.4, 0.5) is 0 Å². The molecule has 0 unspecified atom stereocenters. The highest BCUT2D eigenvalue weighted by atomic mass is 16.5. The Balaban J connectivity index is 1.68. The molecule has 4 heteroatoms. The number of nitrogens with one attached hydrogen (secondary N) is 1. The minimum atomic E-state index is 0.0260. The molecule has 0 atom stereocenters. The second-order valence-electron chi connectivity index (χ2n) is 7.09. The molecule has 0 radical (unpaired) electrons. The minimum Gasteiger partial charge on any atom is -0.356 e. The van der Waals surface area contributed by atoms with Gasteiger partial charge in [-0.3, -0.25) is 4.79 Å². The number of hydrogen-bond donors (Lipinski definition) is 1. The van der Waals surface area contributed by atoms with Crippen molar-refractivity contribution in [2.24, 2.45) is 0 Å². The number of aromatic nitrogens is 1. The third-order valence-corrected chi connectivity index (χ3v) is 4.67. The van der Waals surface area contributed by atoms with Gasteiger partial charge in [-0.2, -0.15) is 0 Å². The summed E-state index contributed by atoms with van der Waals surface area (Å²) in [7, 11) is 0. The van der Waals surface area contributed by atoms with Crippen LogP contribution in [0.2, 0.25) is 0 Å². The first-order valence-corrected chi connectivity index (χ1v) is 9.74. The Hall–Kier alpha value is -1.84. The van der Waals surface area contributed by atoms with Crippen LogP contribution in [0.15, 0.2) is 16.7 Å². The van der Waals surface area contributed by atoms with Crippen molar-refractivity contribution >= 4 is 16.9 Å². The lowest BCUT2D eigenvalue weighted by Crippen LogP contribution is -2.26. The van der Waals surface area contributed by atoms with Gasteiger partial charge in [-0.15, -0.1) is 0 Å². The lowest BCUT2D eigenvalue weighted by Gasteiger charge is -2.05. The molecule has 0 saturated heterocycles. The van der Waals surface area contributed by atoms with Gasteiger partial charge < -0.3 is 9.84 Å². The van der Waals surface area contributed by atoms with E-state index in [1.54, 1.807) is 0 Å². The van der Waals surface area contributed by atoms with Crippen LogP contribution in [0.25, 0.3) is 11.0 Å². The average Bonchev–Trinajstić information content (AvgIpc) is 2.96. The largest absolute Gasteiger partial charge is 0.356 e. The summed E-state index contributed by atoms with van der Waals surface area (Å²) in [6, 6.07) is 4.07. The van der Waals surface area contributed by atoms with Gasteiger partial charge in [0.2, 0.25) is 5.91 Å². The highest BCUT2D eigenvalue weighted by Gasteiger charge is 2.14. The molecule has 25 heavy (non-hydrogen) atoms. The van der Waals surface area contributed by atoms with Gasteiger partial charge in [-0.25, -0.2) is 0 Å². The average molecular weight is 344 g/mol. The summed E-state index contributed by atoms with van der Waals surface area (Å²) >= 11 is 0. The fourth-order valence-electron chi connectivity index (χ4n) is 3.34. The number of hydrogen-bond acceptors (Lipinski definition) is 3. The number of nitrogens with zero attached hydrogens (tertiary/aromatic N) is 1. The summed E-state index contributed by atoms with van der Waals surface area (Å²) in [5.41, 5.74) is 3.76. The fraction of sp³-hybridized carbons (Fsp3) is 0.619. The third-order valence-electron chi connectivity index (χ3n) is 4.67. The Bertz CT molecular complexity index is 676. The van der Waals surface area contributed by atoms with Gasteiger partial charge >= 0.3 is 0 Å². The predicted molar refractivity (Wildman–Crippen MR) is 103 cm³/mol. The molecule has 0 fully saturated rings. The molecule has 138 valence electrons. The molecule has 0 aliphatic carbocycles. The zero-order valence-corrected chi connectivity index (χ0v) is 16.0. The molecular weight excluding hydrogens is 312 g/mol. The quantitative estimate of drug-likeness (QED) is 0.567. The Morgan fingerprint density at radius 1 is 1.04 bits per heavy atom. The van der Waals surface area contributed by atoms with E-state index in [4.69, 9.17) is 4.52 Å². The van der Waals surface area contributed by atoms with Crippen molar-refractivity contribution in [1.29, 1.82) is 0 Å². The molecule has 0 bridgehead atoms. The predicted octanol–water partition coefficient (Wildman–Crippen LogP) is 5.24. The molecule has 4 nitrogen and oxygen atoms in total. The van der Waals surface area contributed by atoms with Crippen molar-refractivity contribution < 1.29 is 9.32 Å². The van der Waals surface area contributed by atoms with Gasteiger partial charge in [0, 0.05) is 11.9 Å². The normalized spacial score (nSPS) is 11.2. The van der Waals surface area contributed by atoms with Crippen LogP contribution in [0.1, 0.15) is 75.1 Å². The van der Waals surface area contributed by atoms with Crippen LogP contribution in [-0.2, 0) is 11.2 Å². The first-order valence-electron chi connectivity index (χ1n) is 9.74. The van der Waals surface area contributed by atoms with E-state index in [0.29, 0.717) is 0 Å². The molecule has 2 rings (SSSR count). The van der Waals surface area contributed by atoms with Gasteiger partial charge in [0.1, 0.15) is 5.69 Å². The first-order chi connectivity index (χ1) is 12.1. The molecule has 1 heterocycles. The molecule has 1 amide bonds. The van der Waals surface area contributed by atoms with Crippen molar-refractivity contribution in [3.05, 3.63) is 29.0 Å². The van der Waals surface area contributed by atoms with Crippen molar-refractivity contribution in [3.8, 4) is 0 Å². The van der Waals surface area contributed by atoms with Gasteiger partial charge in [-0.1, -0.05) is 63.1 Å². The zero-order valence-electron chi connectivity index (χ0n) is 16.0. The summed E-state index contributed by atoms with van der Waals surface area (Å²) in [6.45, 7) is 7.06. The third kappa shape index (κ3) is 6.18. The summed E-state index contributed by atoms with van der Waals surface area (Å²) in [4.78, 5) is 12.1. The van der Waals surface area contributed by atoms with Crippen LogP contribution < -0.4 is 5.32 Å². The number of fused-ring (bicyclic) bond motifs is 1. The van der Waals surface area contributed by atoms with Crippen LogP contribution >= 0.6 is 0 Å². The summed E-state index contributed by atoms with van der Waals surface area (Å²) < 4.78 is 5.38. The van der Waals surface area contributed by atoms with Crippen LogP contribution in [0.5, 0.6) is 0 Å². The molecule has 0 aliphatic rings. The van der Waals surface area contributed by atoms with Gasteiger partial charge in [0.05, 0.1) is 6.42 Å². The summed E-state index contributed by atoms with van der Waals surface area (Å²) in [5.74, 6) is 0.0260. The maximum Gasteiger partial charge on any atom is 0.226 e. The number of unbranched alkanes of at least 4 members (excludes halogenated alkanes) is 7. The minimum absolute atomic E-state index is 0.0260. The molecule has 1 aromatic heterocycles. The Labute approximate surface area is 151 Å². The monoisotopic (exact) mass is 344 g/mol. The van der Waals surface area contributed by atoms with Crippen LogP contribution in [0.3, 0.4) is 0 Å². The number of amides is 1. The molecule has 1 N–H and O–H groups in total. The number of rotatable bonds is 11. The molecule has 0 saturated carbocycles. The van der Waals surface area contributed by atoms with Crippen molar-refractivity contribution in [2.45, 2.75) is 78.6 Å². The summed E-state index contributed by atoms with van der Waals surface area (Å²) in [5, 5.41) is 8.08. The van der Waals surface area contributed by atoms with Crippen molar-refractivity contribution in [2.75, 3.05) is 6.54 Å². The van der Waals surface area contributed by atoms with Crippen LogP contribution in [0, 0.1) is 13.8 Å². The molecule has 1 aromatic carbocycles. The number of aryl methyl sites for hydroxylation is 2. The highest BCUT2D eigenvalue weighted by Crippen LogP contribution is 2.24. The molecular formula is C21H32N2O2. The second kappa shape index (κ2) is 10.2. The van der Waals surface area contributed by atoms with E-state index < -0.39 is 0 Å². The lowest BCUT2D eigenvalue weighted by molar-refractivity contribution is -0.120. The van der Waals surface area contributed by atoms with Crippen molar-refractivity contribution in [3.63, 3.8) is 0 Å². The maximum atomic E-state index is 12.1. The lowest BCUT2D eigenvalue weighted by atomic mass is 10.0. The molecule has 2 aromatic rings. The van der Waals surface area contributed by atoms with E-state index in [0.717, 1.165) is 40.8 Å². The smallest absolute Gasteiger partial charge is 0.226 e. The van der Waals surface area contributed by atoms with Gasteiger partial charge in [-0.05, 0) is 37.5 Å². The van der Waals surface area contributed by atoms with Crippen molar-refractivity contribution in [1.82, 2.24) is 10.5 Å². The van der Waals surface area contributed by atoms with E-state index >= 15 is 0 Å². The number of benzene rings is 1. The molecule has 0 aliphatic heterocycles. The van der Waals surface area contributed by atoms with Gasteiger partial charge in [0.25, 0.3) is 0 Å². The standard InChI is InChI=1S/C21H32N2O2/c1-4-5-6-7-8-9-10-11-12-22-20(24)15-18-21-17(3)13-16(2)14-19(21)25-23-18/h13-14H,4-12,15H2,1-3H3,(H,22,24). The first kappa shape index (κ1) is 19.5. The van der Waals surface area contributed by atoms with E-state index in [1.807, 2.05) is 19.9 Å². The van der Waals surface area contributed by atoms with Gasteiger partial charge in [0.15, 0.2) is 5.58 Å². The topological polar surface area (TPSA) is 55.1 Å². The van der Waals surface area contributed by atoms with E-state index in [9.17, 15) is 4.79 Å². The maximum absolute atomic E-state index is 12.1. The van der Waals surface area contributed by atoms with Crippen LogP contribution in [-0.4, -0.2) is 17.6 Å². The SMILES string of the molecule is CCCCCCCCCCNC(=O)Cc1noc2cc(C)cc(C)c12. The highest BCUT2D eigenvalue weighted by molar-refractivity contribution is 5.88. The Morgan fingerprint density at radius 3 is 2.44 bits per heavy atom. The summed E-state index contributed by atoms with van der Waals surface area (Å²) in [6.07, 6.45) is 10.5. The van der Waals surface area contributed by atoms with E-state index in [2.05, 4.69) is 23.5 Å². The fourth-order valence-corrected chi connectivity index (χ4v) is 3.34. The van der Waals surface area contributed by atoms with E-state index in [-0.39, 0.29) is 12.3 Å². The molecule has 0 spiro atoms. The zero-order chi connectivity index (χ0) is 18.1. The Kier molecular flexibility index (Phi) is 7.96. The number of carbonyl (C=O) groups is 1. The van der Waals surface area contributed by atoms with E-state index in [1.165, 1.54) is 44.9 Å². The second-order valence-corrected chi connectivity index (χ2v) is 7.09. The Morgan fingerprint density at radius 2 is 1.72 bits per heavy atom. The number of carbonyl (C=O) groups excluding carboxylic acids is 1.